The summed E-state index contributed by atoms with van der Waals surface area (Å²) in [6.45, 7) is 7.19. The maximum atomic E-state index is 11.6. The molecule has 0 aliphatic heterocycles. The lowest BCUT2D eigenvalue weighted by atomic mass is 9.91. The van der Waals surface area contributed by atoms with Crippen LogP contribution >= 0.6 is 15.9 Å². The Labute approximate surface area is 107 Å². The molecule has 0 spiro atoms. The fraction of sp³-hybridized carbons (Fsp3) is 1.00. The highest BCUT2D eigenvalue weighted by Crippen LogP contribution is 2.20. The summed E-state index contributed by atoms with van der Waals surface area (Å²) in [5.41, 5.74) is -0.0256. The summed E-state index contributed by atoms with van der Waals surface area (Å²) >= 11 is 3.36. The fourth-order valence-electron chi connectivity index (χ4n) is 1.03. The molecule has 1 N–H and O–H groups in total. The first-order valence-corrected chi connectivity index (χ1v) is 8.21. The quantitative estimate of drug-likeness (QED) is 0.521. The van der Waals surface area contributed by atoms with E-state index in [1.807, 2.05) is 20.8 Å². The Balaban J connectivity index is 3.98. The lowest BCUT2D eigenvalue weighted by molar-refractivity contribution is 0.163. The molecule has 0 bridgehead atoms. The van der Waals surface area contributed by atoms with Crippen molar-refractivity contribution in [2.75, 3.05) is 30.8 Å². The van der Waals surface area contributed by atoms with Crippen LogP contribution < -0.4 is 4.72 Å². The van der Waals surface area contributed by atoms with Gasteiger partial charge in [-0.1, -0.05) is 29.8 Å². The van der Waals surface area contributed by atoms with E-state index in [-0.39, 0.29) is 17.8 Å². The minimum atomic E-state index is -3.20. The average molecular weight is 316 g/mol. The number of sulfonamides is 1. The normalized spacial score (nSPS) is 13.0. The molecule has 0 fully saturated rings. The summed E-state index contributed by atoms with van der Waals surface area (Å²) in [7, 11) is -3.20. The van der Waals surface area contributed by atoms with Gasteiger partial charge in [0.15, 0.2) is 0 Å². The van der Waals surface area contributed by atoms with E-state index in [2.05, 4.69) is 20.7 Å². The van der Waals surface area contributed by atoms with E-state index >= 15 is 0 Å². The van der Waals surface area contributed by atoms with Gasteiger partial charge in [-0.05, 0) is 18.8 Å². The summed E-state index contributed by atoms with van der Waals surface area (Å²) in [6, 6.07) is 0. The van der Waals surface area contributed by atoms with E-state index in [0.29, 0.717) is 13.2 Å². The van der Waals surface area contributed by atoms with Crippen LogP contribution in [0.2, 0.25) is 0 Å². The molecule has 98 valence electrons. The van der Waals surface area contributed by atoms with Gasteiger partial charge in [-0.2, -0.15) is 0 Å². The zero-order valence-corrected chi connectivity index (χ0v) is 12.7. The largest absolute Gasteiger partial charge is 0.381 e. The van der Waals surface area contributed by atoms with Crippen molar-refractivity contribution >= 4 is 26.0 Å². The Hall–Kier alpha value is 0.350. The maximum absolute atomic E-state index is 11.6. The van der Waals surface area contributed by atoms with E-state index in [9.17, 15) is 8.42 Å². The lowest BCUT2D eigenvalue weighted by Gasteiger charge is -2.23. The standard InChI is InChI=1S/C10H22BrNO3S/c1-4-15-7-8-16(13,14)12-9-10(2,3)5-6-11/h12H,4-9H2,1-3H3. The number of hydrogen-bond acceptors (Lipinski definition) is 3. The molecule has 4 nitrogen and oxygen atoms in total. The maximum Gasteiger partial charge on any atom is 0.213 e. The van der Waals surface area contributed by atoms with Gasteiger partial charge < -0.3 is 4.74 Å². The van der Waals surface area contributed by atoms with Crippen LogP contribution in [0.25, 0.3) is 0 Å². The molecule has 0 aliphatic rings. The second-order valence-electron chi connectivity index (χ2n) is 4.44. The van der Waals surface area contributed by atoms with Crippen LogP contribution in [0.3, 0.4) is 0 Å². The number of rotatable bonds is 9. The molecule has 0 aliphatic carbocycles. The van der Waals surface area contributed by atoms with Crippen molar-refractivity contribution in [2.24, 2.45) is 5.41 Å². The average Bonchev–Trinajstić information content (AvgIpc) is 2.16. The Morgan fingerprint density at radius 3 is 2.50 bits per heavy atom. The third-order valence-electron chi connectivity index (χ3n) is 2.24. The molecule has 0 unspecified atom stereocenters. The number of hydrogen-bond donors (Lipinski definition) is 1. The molecule has 0 saturated heterocycles. The van der Waals surface area contributed by atoms with Gasteiger partial charge in [-0.3, -0.25) is 0 Å². The Morgan fingerprint density at radius 1 is 1.38 bits per heavy atom. The zero-order chi connectivity index (χ0) is 12.7. The molecular formula is C10H22BrNO3S. The van der Waals surface area contributed by atoms with Gasteiger partial charge in [0.1, 0.15) is 0 Å². The number of alkyl halides is 1. The van der Waals surface area contributed by atoms with Crippen LogP contribution in [-0.4, -0.2) is 39.3 Å². The zero-order valence-electron chi connectivity index (χ0n) is 10.3. The van der Waals surface area contributed by atoms with Crippen molar-refractivity contribution in [1.29, 1.82) is 0 Å². The topological polar surface area (TPSA) is 55.4 Å². The Kier molecular flexibility index (Phi) is 7.80. The summed E-state index contributed by atoms with van der Waals surface area (Å²) in [4.78, 5) is 0. The van der Waals surface area contributed by atoms with Gasteiger partial charge in [0, 0.05) is 18.5 Å². The molecule has 0 heterocycles. The van der Waals surface area contributed by atoms with Crippen LogP contribution in [0.1, 0.15) is 27.2 Å². The summed E-state index contributed by atoms with van der Waals surface area (Å²) in [6.07, 6.45) is 0.932. The highest BCUT2D eigenvalue weighted by molar-refractivity contribution is 9.09. The highest BCUT2D eigenvalue weighted by atomic mass is 79.9. The van der Waals surface area contributed by atoms with E-state index in [1.54, 1.807) is 0 Å². The molecule has 0 aromatic rings. The van der Waals surface area contributed by atoms with Gasteiger partial charge in [0.05, 0.1) is 12.4 Å². The predicted molar refractivity (Wildman–Crippen MR) is 70.5 cm³/mol. The van der Waals surface area contributed by atoms with Crippen LogP contribution in [0.4, 0.5) is 0 Å². The minimum Gasteiger partial charge on any atom is -0.381 e. The molecular weight excluding hydrogens is 294 g/mol. The molecule has 6 heteroatoms. The molecule has 0 amide bonds. The van der Waals surface area contributed by atoms with Crippen molar-refractivity contribution in [1.82, 2.24) is 4.72 Å². The van der Waals surface area contributed by atoms with Gasteiger partial charge in [0.2, 0.25) is 10.0 Å². The third-order valence-corrected chi connectivity index (χ3v) is 3.93. The SMILES string of the molecule is CCOCCS(=O)(=O)NCC(C)(C)CCBr. The number of nitrogens with one attached hydrogen (secondary N) is 1. The highest BCUT2D eigenvalue weighted by Gasteiger charge is 2.20. The molecule has 0 radical (unpaired) electrons. The summed E-state index contributed by atoms with van der Waals surface area (Å²) in [5, 5.41) is 0.876. The third kappa shape index (κ3) is 8.50. The van der Waals surface area contributed by atoms with E-state index in [0.717, 1.165) is 11.8 Å². The monoisotopic (exact) mass is 315 g/mol. The van der Waals surface area contributed by atoms with Gasteiger partial charge in [0.25, 0.3) is 0 Å². The van der Waals surface area contributed by atoms with Crippen LogP contribution in [0.15, 0.2) is 0 Å². The summed E-state index contributed by atoms with van der Waals surface area (Å²) < 4.78 is 30.7. The molecule has 16 heavy (non-hydrogen) atoms. The van der Waals surface area contributed by atoms with E-state index in [4.69, 9.17) is 4.74 Å². The minimum absolute atomic E-state index is 0.0256. The van der Waals surface area contributed by atoms with Crippen molar-refractivity contribution in [2.45, 2.75) is 27.2 Å². The second kappa shape index (κ2) is 7.63. The summed E-state index contributed by atoms with van der Waals surface area (Å²) in [5.74, 6) is 0.0330. The number of halogens is 1. The molecule has 0 rings (SSSR count). The Bertz CT molecular complexity index is 278. The lowest BCUT2D eigenvalue weighted by Crippen LogP contribution is -2.36. The van der Waals surface area contributed by atoms with Gasteiger partial charge in [-0.15, -0.1) is 0 Å². The Morgan fingerprint density at radius 2 is 2.00 bits per heavy atom. The first kappa shape index (κ1) is 16.4. The molecule has 0 aromatic heterocycles. The molecule has 0 aromatic carbocycles. The molecule has 0 atom stereocenters. The second-order valence-corrected chi connectivity index (χ2v) is 7.16. The predicted octanol–water partition coefficient (Wildman–Crippen LogP) is 1.75. The van der Waals surface area contributed by atoms with Crippen molar-refractivity contribution < 1.29 is 13.2 Å². The van der Waals surface area contributed by atoms with E-state index in [1.165, 1.54) is 0 Å². The van der Waals surface area contributed by atoms with Crippen molar-refractivity contribution in [3.8, 4) is 0 Å². The van der Waals surface area contributed by atoms with Crippen molar-refractivity contribution in [3.63, 3.8) is 0 Å². The number of ether oxygens (including phenoxy) is 1. The van der Waals surface area contributed by atoms with Gasteiger partial charge >= 0.3 is 0 Å². The first-order chi connectivity index (χ1) is 7.33. The van der Waals surface area contributed by atoms with E-state index < -0.39 is 10.0 Å². The smallest absolute Gasteiger partial charge is 0.213 e. The van der Waals surface area contributed by atoms with Crippen LogP contribution in [0, 0.1) is 5.41 Å². The fourth-order valence-corrected chi connectivity index (χ4v) is 3.20. The van der Waals surface area contributed by atoms with Crippen LogP contribution in [-0.2, 0) is 14.8 Å². The van der Waals surface area contributed by atoms with Gasteiger partial charge in [-0.25, -0.2) is 13.1 Å². The molecule has 0 saturated carbocycles. The van der Waals surface area contributed by atoms with Crippen LogP contribution in [0.5, 0.6) is 0 Å². The van der Waals surface area contributed by atoms with Crippen molar-refractivity contribution in [3.05, 3.63) is 0 Å². The first-order valence-electron chi connectivity index (χ1n) is 5.44.